The Kier molecular flexibility index (Phi) is 12.6. The van der Waals surface area contributed by atoms with Crippen LogP contribution in [0.5, 0.6) is 0 Å². The summed E-state index contributed by atoms with van der Waals surface area (Å²) >= 11 is 6.25. The number of nitriles is 1. The van der Waals surface area contributed by atoms with Crippen LogP contribution in [0.3, 0.4) is 0 Å². The van der Waals surface area contributed by atoms with Crippen LogP contribution in [-0.4, -0.2) is 59.1 Å². The number of amides is 4. The second-order valence-corrected chi connectivity index (χ2v) is 11.5. The lowest BCUT2D eigenvalue weighted by Crippen LogP contribution is -2.57. The summed E-state index contributed by atoms with van der Waals surface area (Å²) in [7, 11) is 1.54. The van der Waals surface area contributed by atoms with Gasteiger partial charge in [-0.25, -0.2) is 0 Å². The minimum absolute atomic E-state index is 0.000938. The number of anilines is 1. The van der Waals surface area contributed by atoms with Crippen molar-refractivity contribution in [2.45, 2.75) is 58.8 Å². The van der Waals surface area contributed by atoms with E-state index in [4.69, 9.17) is 16.1 Å². The molecule has 12 nitrogen and oxygen atoms in total. The van der Waals surface area contributed by atoms with E-state index >= 15 is 0 Å². The Morgan fingerprint density at radius 2 is 1.78 bits per heavy atom. The van der Waals surface area contributed by atoms with Gasteiger partial charge in [-0.1, -0.05) is 67.0 Å². The lowest BCUT2D eigenvalue weighted by molar-refractivity contribution is -0.131. The molecular formula is C33H37ClN6O6. The standard InChI is InChI=1S/C33H37ClN6O6/c1-19(2)13-24(17-35)33(45)40(5)25-11-8-9-22(15-25)16-27(30(42)36-18-23-10-6-7-12-26(23)34)37-32(44)29(21(4)41)38-31(43)28-14-20(3)46-39-28/h6-15,19,21,27,29,41H,16,18H2,1-5H3,(H,36,42)(H,37,44)(H,38,43)/t21-,27?,29+/m1/s1. The highest BCUT2D eigenvalue weighted by molar-refractivity contribution is 6.31. The zero-order valence-corrected chi connectivity index (χ0v) is 27.0. The lowest BCUT2D eigenvalue weighted by Gasteiger charge is -2.25. The highest BCUT2D eigenvalue weighted by Crippen LogP contribution is 2.20. The van der Waals surface area contributed by atoms with E-state index in [1.807, 2.05) is 19.9 Å². The number of aliphatic hydroxyl groups is 1. The van der Waals surface area contributed by atoms with Gasteiger partial charge in [-0.3, -0.25) is 19.2 Å². The number of benzene rings is 2. The number of rotatable bonds is 13. The Labute approximate surface area is 272 Å². The van der Waals surface area contributed by atoms with Crippen molar-refractivity contribution in [2.24, 2.45) is 5.92 Å². The lowest BCUT2D eigenvalue weighted by atomic mass is 10.0. The van der Waals surface area contributed by atoms with E-state index in [1.54, 1.807) is 61.5 Å². The van der Waals surface area contributed by atoms with Crippen LogP contribution in [0.1, 0.15) is 48.1 Å². The summed E-state index contributed by atoms with van der Waals surface area (Å²) in [6.45, 7) is 6.72. The number of carbonyl (C=O) groups is 4. The number of aryl methyl sites for hydroxylation is 1. The SMILES string of the molecule is Cc1cc(C(=O)N[C@H](C(=O)NC(Cc2cccc(N(C)C(=O)C(C#N)=CC(C)C)c2)C(=O)NCc2ccccc2Cl)[C@@H](C)O)no1. The number of halogens is 1. The van der Waals surface area contributed by atoms with Gasteiger partial charge in [0.25, 0.3) is 11.8 Å². The summed E-state index contributed by atoms with van der Waals surface area (Å²) in [5.74, 6) is -2.25. The van der Waals surface area contributed by atoms with Crippen LogP contribution in [0.15, 0.2) is 70.8 Å². The van der Waals surface area contributed by atoms with Gasteiger partial charge in [0, 0.05) is 36.8 Å². The van der Waals surface area contributed by atoms with Gasteiger partial charge in [0.2, 0.25) is 11.8 Å². The molecule has 0 fully saturated rings. The van der Waals surface area contributed by atoms with E-state index in [0.29, 0.717) is 27.6 Å². The van der Waals surface area contributed by atoms with Crippen LogP contribution >= 0.6 is 11.6 Å². The van der Waals surface area contributed by atoms with Gasteiger partial charge in [-0.2, -0.15) is 5.26 Å². The fourth-order valence-corrected chi connectivity index (χ4v) is 4.63. The third-order valence-corrected chi connectivity index (χ3v) is 7.22. The largest absolute Gasteiger partial charge is 0.391 e. The number of aromatic nitrogens is 1. The molecule has 0 spiro atoms. The number of carbonyl (C=O) groups excluding carboxylic acids is 4. The van der Waals surface area contributed by atoms with E-state index in [0.717, 1.165) is 0 Å². The van der Waals surface area contributed by atoms with E-state index < -0.39 is 41.8 Å². The zero-order chi connectivity index (χ0) is 34.0. The molecule has 46 heavy (non-hydrogen) atoms. The maximum Gasteiger partial charge on any atom is 0.274 e. The molecule has 3 aromatic rings. The maximum absolute atomic E-state index is 13.5. The van der Waals surface area contributed by atoms with Gasteiger partial charge in [-0.15, -0.1) is 0 Å². The van der Waals surface area contributed by atoms with Crippen molar-refractivity contribution in [1.82, 2.24) is 21.1 Å². The molecule has 4 amide bonds. The van der Waals surface area contributed by atoms with Gasteiger partial charge in [0.1, 0.15) is 29.5 Å². The quantitative estimate of drug-likeness (QED) is 0.161. The molecule has 242 valence electrons. The van der Waals surface area contributed by atoms with Crippen LogP contribution in [0.25, 0.3) is 0 Å². The molecule has 3 rings (SSSR count). The summed E-state index contributed by atoms with van der Waals surface area (Å²) in [6, 6.07) is 14.4. The second-order valence-electron chi connectivity index (χ2n) is 11.1. The third-order valence-electron chi connectivity index (χ3n) is 6.85. The number of hydrogen-bond donors (Lipinski definition) is 4. The molecule has 0 saturated heterocycles. The fraction of sp³-hybridized carbons (Fsp3) is 0.333. The molecule has 13 heteroatoms. The molecule has 0 aliphatic heterocycles. The van der Waals surface area contributed by atoms with Crippen molar-refractivity contribution < 1.29 is 28.8 Å². The predicted octanol–water partition coefficient (Wildman–Crippen LogP) is 3.23. The molecule has 1 aromatic heterocycles. The minimum atomic E-state index is -1.43. The summed E-state index contributed by atoms with van der Waals surface area (Å²) in [6.07, 6.45) is 0.227. The first-order valence-electron chi connectivity index (χ1n) is 14.5. The molecule has 0 aliphatic rings. The number of hydrogen-bond acceptors (Lipinski definition) is 8. The summed E-state index contributed by atoms with van der Waals surface area (Å²) in [4.78, 5) is 54.0. The first-order valence-corrected chi connectivity index (χ1v) is 14.9. The molecule has 2 aromatic carbocycles. The van der Waals surface area contributed by atoms with E-state index in [9.17, 15) is 29.5 Å². The van der Waals surface area contributed by atoms with Crippen LogP contribution < -0.4 is 20.9 Å². The van der Waals surface area contributed by atoms with Gasteiger partial charge < -0.3 is 30.5 Å². The molecule has 3 atom stereocenters. The second kappa shape index (κ2) is 16.4. The summed E-state index contributed by atoms with van der Waals surface area (Å²) < 4.78 is 4.92. The first kappa shape index (κ1) is 35.5. The number of nitrogens with one attached hydrogen (secondary N) is 3. The van der Waals surface area contributed by atoms with Crippen molar-refractivity contribution in [3.8, 4) is 6.07 Å². The number of likely N-dealkylation sites (N-methyl/N-ethyl adjacent to an activating group) is 1. The Morgan fingerprint density at radius 3 is 2.39 bits per heavy atom. The van der Waals surface area contributed by atoms with Crippen molar-refractivity contribution >= 4 is 40.9 Å². The van der Waals surface area contributed by atoms with Crippen LogP contribution in [0, 0.1) is 24.2 Å². The smallest absolute Gasteiger partial charge is 0.274 e. The molecule has 0 radical (unpaired) electrons. The van der Waals surface area contributed by atoms with Crippen molar-refractivity contribution in [3.63, 3.8) is 0 Å². The Hall–Kier alpha value is -4.99. The number of nitrogens with zero attached hydrogens (tertiary/aromatic N) is 3. The third kappa shape index (κ3) is 9.76. The Morgan fingerprint density at radius 1 is 1.07 bits per heavy atom. The first-order chi connectivity index (χ1) is 21.8. The topological polar surface area (TPSA) is 178 Å². The molecular weight excluding hydrogens is 612 g/mol. The summed E-state index contributed by atoms with van der Waals surface area (Å²) in [5, 5.41) is 31.8. The Balaban J connectivity index is 1.87. The highest BCUT2D eigenvalue weighted by Gasteiger charge is 2.31. The van der Waals surface area contributed by atoms with Crippen molar-refractivity contribution in [2.75, 3.05) is 11.9 Å². The maximum atomic E-state index is 13.5. The number of aliphatic hydroxyl groups excluding tert-OH is 1. The molecule has 0 saturated carbocycles. The predicted molar refractivity (Wildman–Crippen MR) is 171 cm³/mol. The highest BCUT2D eigenvalue weighted by atomic mass is 35.5. The average Bonchev–Trinajstić information content (AvgIpc) is 3.46. The van der Waals surface area contributed by atoms with Crippen LogP contribution in [0.4, 0.5) is 5.69 Å². The van der Waals surface area contributed by atoms with E-state index in [2.05, 4.69) is 21.1 Å². The average molecular weight is 649 g/mol. The molecule has 1 unspecified atom stereocenters. The fourth-order valence-electron chi connectivity index (χ4n) is 4.43. The van der Waals surface area contributed by atoms with E-state index in [1.165, 1.54) is 24.9 Å². The zero-order valence-electron chi connectivity index (χ0n) is 26.2. The van der Waals surface area contributed by atoms with Gasteiger partial charge in [0.05, 0.1) is 6.10 Å². The monoisotopic (exact) mass is 648 g/mol. The molecule has 0 aliphatic carbocycles. The van der Waals surface area contributed by atoms with Crippen molar-refractivity contribution in [1.29, 1.82) is 5.26 Å². The van der Waals surface area contributed by atoms with Crippen LogP contribution in [0.2, 0.25) is 5.02 Å². The Bertz CT molecular complexity index is 1640. The van der Waals surface area contributed by atoms with Crippen LogP contribution in [-0.2, 0) is 27.3 Å². The number of allylic oxidation sites excluding steroid dienone is 1. The molecule has 1 heterocycles. The summed E-state index contributed by atoms with van der Waals surface area (Å²) in [5.41, 5.74) is 1.62. The van der Waals surface area contributed by atoms with Gasteiger partial charge >= 0.3 is 0 Å². The van der Waals surface area contributed by atoms with Gasteiger partial charge in [0.15, 0.2) is 5.69 Å². The van der Waals surface area contributed by atoms with Crippen molar-refractivity contribution in [3.05, 3.63) is 93.9 Å². The minimum Gasteiger partial charge on any atom is -0.391 e. The molecule has 0 bridgehead atoms. The normalized spacial score (nSPS) is 13.2. The molecule has 4 N–H and O–H groups in total. The van der Waals surface area contributed by atoms with Gasteiger partial charge in [-0.05, 0) is 49.1 Å². The van der Waals surface area contributed by atoms with E-state index in [-0.39, 0.29) is 30.2 Å².